The number of carbonyl (C=O) groups is 3. The van der Waals surface area contributed by atoms with Crippen molar-refractivity contribution < 1.29 is 32.7 Å². The van der Waals surface area contributed by atoms with Gasteiger partial charge in [-0.3, -0.25) is 19.5 Å². The van der Waals surface area contributed by atoms with Crippen molar-refractivity contribution in [2.24, 2.45) is 0 Å². The Morgan fingerprint density at radius 2 is 1.81 bits per heavy atom. The van der Waals surface area contributed by atoms with Gasteiger partial charge in [0.05, 0.1) is 0 Å². The van der Waals surface area contributed by atoms with Gasteiger partial charge in [0.1, 0.15) is 0 Å². The van der Waals surface area contributed by atoms with Gasteiger partial charge in [0.2, 0.25) is 11.3 Å². The number of nitrogens with zero attached hydrogens (tertiary/aromatic N) is 2. The highest BCUT2D eigenvalue weighted by Crippen LogP contribution is 2.13. The number of hydrogen-bond donors (Lipinski definition) is 3. The van der Waals surface area contributed by atoms with Crippen LogP contribution in [0.2, 0.25) is 0 Å². The Morgan fingerprint density at radius 1 is 1.30 bits per heavy atom. The molecular weight excluding hydrogens is 373 g/mol. The van der Waals surface area contributed by atoms with E-state index in [-0.39, 0.29) is 23.1 Å². The second-order valence-electron chi connectivity index (χ2n) is 5.82. The molecule has 2 amide bonds. The van der Waals surface area contributed by atoms with Crippen LogP contribution in [0.1, 0.15) is 35.9 Å². The smallest absolute Gasteiger partial charge is 0.475 e. The summed E-state index contributed by atoms with van der Waals surface area (Å²) in [6.45, 7) is 4.48. The van der Waals surface area contributed by atoms with Crippen molar-refractivity contribution in [1.29, 1.82) is 0 Å². The predicted molar refractivity (Wildman–Crippen MR) is 86.0 cm³/mol. The molecule has 0 unspecified atom stereocenters. The third kappa shape index (κ3) is 7.07. The number of piperidine rings is 1. The van der Waals surface area contributed by atoms with Crippen molar-refractivity contribution in [2.45, 2.75) is 38.9 Å². The molecule has 3 N–H and O–H groups in total. The molecule has 150 valence electrons. The van der Waals surface area contributed by atoms with Crippen molar-refractivity contribution in [3.05, 3.63) is 27.7 Å². The molecule has 1 fully saturated rings. The molecule has 0 aliphatic carbocycles. The molecule has 0 aromatic carbocycles. The number of likely N-dealkylation sites (tertiary alicyclic amines) is 1. The Balaban J connectivity index is 0.000000445. The van der Waals surface area contributed by atoms with Gasteiger partial charge < -0.3 is 15.3 Å². The molecule has 0 saturated carbocycles. The summed E-state index contributed by atoms with van der Waals surface area (Å²) in [7, 11) is 0. The summed E-state index contributed by atoms with van der Waals surface area (Å²) in [4.78, 5) is 45.5. The van der Waals surface area contributed by atoms with Crippen LogP contribution in [0.3, 0.4) is 0 Å². The third-order valence-corrected chi connectivity index (χ3v) is 3.66. The maximum atomic E-state index is 12.0. The van der Waals surface area contributed by atoms with E-state index in [1.165, 1.54) is 13.0 Å². The lowest BCUT2D eigenvalue weighted by Crippen LogP contribution is -2.46. The van der Waals surface area contributed by atoms with Gasteiger partial charge in [0, 0.05) is 37.8 Å². The number of carboxylic acid groups (broad SMARTS) is 1. The minimum absolute atomic E-state index is 0.0272. The summed E-state index contributed by atoms with van der Waals surface area (Å²) in [6, 6.07) is 1.32. The molecule has 1 aromatic heterocycles. The molecule has 27 heavy (non-hydrogen) atoms. The Morgan fingerprint density at radius 3 is 2.22 bits per heavy atom. The lowest BCUT2D eigenvalue weighted by molar-refractivity contribution is -0.192. The maximum absolute atomic E-state index is 12.0. The number of alkyl halides is 3. The molecule has 2 heterocycles. The minimum Gasteiger partial charge on any atom is -0.475 e. The fourth-order valence-corrected chi connectivity index (χ4v) is 2.25. The molecular formula is C15H19F3N4O5. The zero-order valence-electron chi connectivity index (χ0n) is 14.6. The number of aromatic nitrogens is 2. The number of hydrogen-bond acceptors (Lipinski definition) is 5. The molecule has 1 aliphatic heterocycles. The summed E-state index contributed by atoms with van der Waals surface area (Å²) in [5.74, 6) is -3.17. The van der Waals surface area contributed by atoms with Crippen LogP contribution >= 0.6 is 0 Å². The predicted octanol–water partition coefficient (Wildman–Crippen LogP) is 0.452. The van der Waals surface area contributed by atoms with Crippen LogP contribution in [0.5, 0.6) is 0 Å². The molecule has 0 spiro atoms. The van der Waals surface area contributed by atoms with E-state index in [2.05, 4.69) is 15.5 Å². The van der Waals surface area contributed by atoms with Crippen LogP contribution in [-0.2, 0) is 9.59 Å². The molecule has 0 bridgehead atoms. The first kappa shape index (κ1) is 22.1. The number of aliphatic carboxylic acids is 1. The van der Waals surface area contributed by atoms with Crippen LogP contribution in [0.15, 0.2) is 10.9 Å². The molecule has 12 heteroatoms. The average Bonchev–Trinajstić information content (AvgIpc) is 2.54. The van der Waals surface area contributed by atoms with E-state index in [1.807, 2.05) is 0 Å². The SMILES string of the molecule is CC(=O)N1CCC(NC(=O)c2n[nH]c(C)cc2=O)CC1.O=C(O)C(F)(F)F. The number of aromatic amines is 1. The number of nitrogens with one attached hydrogen (secondary N) is 2. The topological polar surface area (TPSA) is 132 Å². The van der Waals surface area contributed by atoms with Gasteiger partial charge in [0.15, 0.2) is 5.69 Å². The second-order valence-corrected chi connectivity index (χ2v) is 5.82. The largest absolute Gasteiger partial charge is 0.490 e. The first-order chi connectivity index (χ1) is 12.4. The van der Waals surface area contributed by atoms with Crippen molar-refractivity contribution >= 4 is 17.8 Å². The maximum Gasteiger partial charge on any atom is 0.490 e. The summed E-state index contributed by atoms with van der Waals surface area (Å²) in [6.07, 6.45) is -3.70. The minimum atomic E-state index is -5.08. The first-order valence-electron chi connectivity index (χ1n) is 7.84. The number of rotatable bonds is 2. The van der Waals surface area contributed by atoms with Crippen molar-refractivity contribution in [3.63, 3.8) is 0 Å². The highest BCUT2D eigenvalue weighted by Gasteiger charge is 2.38. The first-order valence-corrected chi connectivity index (χ1v) is 7.84. The lowest BCUT2D eigenvalue weighted by atomic mass is 10.0. The average molecular weight is 392 g/mol. The van der Waals surface area contributed by atoms with Crippen LogP contribution in [0.4, 0.5) is 13.2 Å². The summed E-state index contributed by atoms with van der Waals surface area (Å²) < 4.78 is 31.7. The lowest BCUT2D eigenvalue weighted by Gasteiger charge is -2.31. The van der Waals surface area contributed by atoms with Crippen molar-refractivity contribution in [3.8, 4) is 0 Å². The highest BCUT2D eigenvalue weighted by atomic mass is 19.4. The van der Waals surface area contributed by atoms with Gasteiger partial charge >= 0.3 is 12.1 Å². The van der Waals surface area contributed by atoms with Crippen LogP contribution in [0, 0.1) is 6.92 Å². The normalized spacial score (nSPS) is 14.8. The summed E-state index contributed by atoms with van der Waals surface area (Å²) in [5, 5.41) is 16.3. The quantitative estimate of drug-likeness (QED) is 0.670. The summed E-state index contributed by atoms with van der Waals surface area (Å²) in [5.41, 5.74) is 0.103. The van der Waals surface area contributed by atoms with Gasteiger partial charge in [-0.2, -0.15) is 18.3 Å². The Kier molecular flexibility index (Phi) is 7.49. The van der Waals surface area contributed by atoms with E-state index >= 15 is 0 Å². The van der Waals surface area contributed by atoms with E-state index in [0.29, 0.717) is 31.6 Å². The van der Waals surface area contributed by atoms with Crippen molar-refractivity contribution in [2.75, 3.05) is 13.1 Å². The zero-order valence-corrected chi connectivity index (χ0v) is 14.6. The third-order valence-electron chi connectivity index (χ3n) is 3.66. The zero-order chi connectivity index (χ0) is 20.8. The monoisotopic (exact) mass is 392 g/mol. The summed E-state index contributed by atoms with van der Waals surface area (Å²) >= 11 is 0. The van der Waals surface area contributed by atoms with Crippen LogP contribution in [-0.4, -0.2) is 63.3 Å². The standard InChI is InChI=1S/C13H18N4O3.C2HF3O2/c1-8-7-11(19)12(16-15-8)13(20)14-10-3-5-17(6-4-10)9(2)18;3-2(4,5)1(6)7/h7,10H,3-6H2,1-2H3,(H,14,20)(H,15,19);(H,6,7). The number of carboxylic acids is 1. The van der Waals surface area contributed by atoms with Gasteiger partial charge in [-0.25, -0.2) is 4.79 Å². The molecule has 1 aromatic rings. The number of H-pyrrole nitrogens is 1. The van der Waals surface area contributed by atoms with Crippen LogP contribution < -0.4 is 10.7 Å². The number of halogens is 3. The molecule has 9 nitrogen and oxygen atoms in total. The van der Waals surface area contributed by atoms with Gasteiger partial charge in [-0.1, -0.05) is 0 Å². The van der Waals surface area contributed by atoms with E-state index in [9.17, 15) is 27.6 Å². The number of amides is 2. The molecule has 1 saturated heterocycles. The van der Waals surface area contributed by atoms with Gasteiger partial charge in [0.25, 0.3) is 5.91 Å². The number of carbonyl (C=O) groups excluding carboxylic acids is 2. The molecule has 0 radical (unpaired) electrons. The highest BCUT2D eigenvalue weighted by molar-refractivity contribution is 5.92. The second kappa shape index (κ2) is 9.14. The molecule has 1 aliphatic rings. The van der Waals surface area contributed by atoms with E-state index in [1.54, 1.807) is 11.8 Å². The van der Waals surface area contributed by atoms with Crippen molar-refractivity contribution in [1.82, 2.24) is 20.4 Å². The Hall–Kier alpha value is -2.92. The number of aryl methyl sites for hydroxylation is 1. The Bertz CT molecular complexity index is 755. The van der Waals surface area contributed by atoms with Crippen LogP contribution in [0.25, 0.3) is 0 Å². The Labute approximate surface area is 151 Å². The molecule has 2 rings (SSSR count). The fraction of sp³-hybridized carbons (Fsp3) is 0.533. The van der Waals surface area contributed by atoms with E-state index in [4.69, 9.17) is 9.90 Å². The molecule has 0 atom stereocenters. The van der Waals surface area contributed by atoms with Gasteiger partial charge in [-0.05, 0) is 19.8 Å². The fourth-order valence-electron chi connectivity index (χ4n) is 2.25. The van der Waals surface area contributed by atoms with E-state index in [0.717, 1.165) is 0 Å². The van der Waals surface area contributed by atoms with E-state index < -0.39 is 18.1 Å². The van der Waals surface area contributed by atoms with Gasteiger partial charge in [-0.15, -0.1) is 0 Å².